The molecule has 0 saturated carbocycles. The monoisotopic (exact) mass is 288 g/mol. The fraction of sp³-hybridized carbons (Fsp3) is 0.438. The zero-order valence-electron chi connectivity index (χ0n) is 13.0. The second-order valence-electron chi connectivity index (χ2n) is 5.29. The molecule has 0 aliphatic carbocycles. The van der Waals surface area contributed by atoms with Gasteiger partial charge in [0, 0.05) is 38.4 Å². The fourth-order valence-electron chi connectivity index (χ4n) is 2.21. The first-order valence-electron chi connectivity index (χ1n) is 7.20. The van der Waals surface area contributed by atoms with E-state index in [9.17, 15) is 0 Å². The van der Waals surface area contributed by atoms with E-state index in [0.717, 1.165) is 25.4 Å². The first kappa shape index (κ1) is 15.5. The van der Waals surface area contributed by atoms with E-state index in [2.05, 4.69) is 34.5 Å². The molecule has 0 aliphatic heterocycles. The number of likely N-dealkylation sites (N-methyl/N-ethyl adjacent to an activating group) is 1. The van der Waals surface area contributed by atoms with Crippen LogP contribution in [0.15, 0.2) is 36.7 Å². The van der Waals surface area contributed by atoms with Crippen molar-refractivity contribution in [3.63, 3.8) is 0 Å². The van der Waals surface area contributed by atoms with Gasteiger partial charge >= 0.3 is 0 Å². The third-order valence-electron chi connectivity index (χ3n) is 3.23. The Hall–Kier alpha value is -1.85. The lowest BCUT2D eigenvalue weighted by Crippen LogP contribution is -2.23. The molecule has 1 aromatic carbocycles. The largest absolute Gasteiger partial charge is 0.492 e. The van der Waals surface area contributed by atoms with Gasteiger partial charge in [-0.1, -0.05) is 12.1 Å². The summed E-state index contributed by atoms with van der Waals surface area (Å²) in [5.41, 5.74) is 2.45. The molecule has 0 unspecified atom stereocenters. The van der Waals surface area contributed by atoms with Gasteiger partial charge in [-0.25, -0.2) is 0 Å². The number of nitrogens with one attached hydrogen (secondary N) is 1. The van der Waals surface area contributed by atoms with Crippen molar-refractivity contribution >= 4 is 0 Å². The van der Waals surface area contributed by atoms with E-state index < -0.39 is 0 Å². The molecule has 0 bridgehead atoms. The van der Waals surface area contributed by atoms with Crippen molar-refractivity contribution in [1.82, 2.24) is 20.0 Å². The third kappa shape index (κ3) is 5.21. The summed E-state index contributed by atoms with van der Waals surface area (Å²) in [5.74, 6) is 0.928. The number of aromatic nitrogens is 2. The van der Waals surface area contributed by atoms with Crippen LogP contribution >= 0.6 is 0 Å². The molecule has 21 heavy (non-hydrogen) atoms. The standard InChI is InChI=1S/C16H24N4O/c1-17-10-14-5-4-6-16(9-14)21-8-7-19(2)12-15-11-18-20(3)13-15/h4-6,9,11,13,17H,7-8,10,12H2,1-3H3. The van der Waals surface area contributed by atoms with Gasteiger partial charge in [0.25, 0.3) is 0 Å². The molecule has 114 valence electrons. The minimum absolute atomic E-state index is 0.680. The van der Waals surface area contributed by atoms with Crippen LogP contribution in [-0.2, 0) is 20.1 Å². The van der Waals surface area contributed by atoms with Crippen LogP contribution in [0.2, 0.25) is 0 Å². The van der Waals surface area contributed by atoms with Crippen molar-refractivity contribution < 1.29 is 4.74 Å². The number of aryl methyl sites for hydroxylation is 1. The molecule has 2 rings (SSSR count). The summed E-state index contributed by atoms with van der Waals surface area (Å²) in [4.78, 5) is 2.23. The van der Waals surface area contributed by atoms with Gasteiger partial charge in [-0.15, -0.1) is 0 Å². The Bertz CT molecular complexity index is 553. The highest BCUT2D eigenvalue weighted by atomic mass is 16.5. The molecule has 0 radical (unpaired) electrons. The van der Waals surface area contributed by atoms with E-state index in [1.54, 1.807) is 0 Å². The van der Waals surface area contributed by atoms with Gasteiger partial charge in [0.15, 0.2) is 0 Å². The van der Waals surface area contributed by atoms with Crippen LogP contribution in [0.3, 0.4) is 0 Å². The average molecular weight is 288 g/mol. The SMILES string of the molecule is CNCc1cccc(OCCN(C)Cc2cnn(C)c2)c1. The van der Waals surface area contributed by atoms with Crippen molar-refractivity contribution in [2.45, 2.75) is 13.1 Å². The minimum Gasteiger partial charge on any atom is -0.492 e. The normalized spacial score (nSPS) is 11.0. The molecule has 0 amide bonds. The van der Waals surface area contributed by atoms with Crippen LogP contribution in [0.25, 0.3) is 0 Å². The summed E-state index contributed by atoms with van der Waals surface area (Å²) >= 11 is 0. The fourth-order valence-corrected chi connectivity index (χ4v) is 2.21. The van der Waals surface area contributed by atoms with Crippen molar-refractivity contribution in [2.75, 3.05) is 27.2 Å². The smallest absolute Gasteiger partial charge is 0.119 e. The predicted octanol–water partition coefficient (Wildman–Crippen LogP) is 1.65. The van der Waals surface area contributed by atoms with Crippen molar-refractivity contribution in [3.8, 4) is 5.75 Å². The molecular formula is C16H24N4O. The Kier molecular flexibility index (Phi) is 5.78. The molecule has 2 aromatic rings. The molecule has 0 saturated heterocycles. The van der Waals surface area contributed by atoms with Crippen LogP contribution in [0.1, 0.15) is 11.1 Å². The number of hydrogen-bond acceptors (Lipinski definition) is 4. The number of benzene rings is 1. The second-order valence-corrected chi connectivity index (χ2v) is 5.29. The summed E-state index contributed by atoms with van der Waals surface area (Å²) in [5, 5.41) is 7.32. The maximum absolute atomic E-state index is 5.82. The van der Waals surface area contributed by atoms with Crippen molar-refractivity contribution in [1.29, 1.82) is 0 Å². The lowest BCUT2D eigenvalue weighted by atomic mass is 10.2. The highest BCUT2D eigenvalue weighted by molar-refractivity contribution is 5.28. The lowest BCUT2D eigenvalue weighted by molar-refractivity contribution is 0.232. The highest BCUT2D eigenvalue weighted by Gasteiger charge is 2.03. The molecule has 0 atom stereocenters. The second kappa shape index (κ2) is 7.81. The van der Waals surface area contributed by atoms with Crippen molar-refractivity contribution in [3.05, 3.63) is 47.8 Å². The van der Waals surface area contributed by atoms with E-state index in [-0.39, 0.29) is 0 Å². The van der Waals surface area contributed by atoms with E-state index in [1.807, 2.05) is 43.3 Å². The maximum atomic E-state index is 5.82. The van der Waals surface area contributed by atoms with Gasteiger partial charge in [-0.2, -0.15) is 5.10 Å². The zero-order valence-corrected chi connectivity index (χ0v) is 13.0. The number of ether oxygens (including phenoxy) is 1. The topological polar surface area (TPSA) is 42.3 Å². The Labute approximate surface area is 126 Å². The van der Waals surface area contributed by atoms with Gasteiger partial charge in [-0.3, -0.25) is 9.58 Å². The molecular weight excluding hydrogens is 264 g/mol. The molecule has 0 aliphatic rings. The zero-order chi connectivity index (χ0) is 15.1. The first-order chi connectivity index (χ1) is 10.2. The van der Waals surface area contributed by atoms with Crippen LogP contribution in [0, 0.1) is 0 Å². The predicted molar refractivity (Wildman–Crippen MR) is 84.2 cm³/mol. The Balaban J connectivity index is 1.74. The van der Waals surface area contributed by atoms with Gasteiger partial charge < -0.3 is 10.1 Å². The van der Waals surface area contributed by atoms with Crippen LogP contribution in [0.5, 0.6) is 5.75 Å². The van der Waals surface area contributed by atoms with E-state index in [1.165, 1.54) is 11.1 Å². The molecule has 5 nitrogen and oxygen atoms in total. The van der Waals surface area contributed by atoms with E-state index >= 15 is 0 Å². The van der Waals surface area contributed by atoms with Crippen LogP contribution in [0.4, 0.5) is 0 Å². The minimum atomic E-state index is 0.680. The van der Waals surface area contributed by atoms with Crippen LogP contribution < -0.4 is 10.1 Å². The van der Waals surface area contributed by atoms with E-state index in [0.29, 0.717) is 6.61 Å². The van der Waals surface area contributed by atoms with Crippen molar-refractivity contribution in [2.24, 2.45) is 7.05 Å². The molecule has 0 spiro atoms. The highest BCUT2D eigenvalue weighted by Crippen LogP contribution is 2.13. The summed E-state index contributed by atoms with van der Waals surface area (Å²) in [6, 6.07) is 8.21. The summed E-state index contributed by atoms with van der Waals surface area (Å²) in [7, 11) is 5.97. The van der Waals surface area contributed by atoms with Gasteiger partial charge in [0.2, 0.25) is 0 Å². The lowest BCUT2D eigenvalue weighted by Gasteiger charge is -2.16. The Morgan fingerprint density at radius 2 is 2.19 bits per heavy atom. The molecule has 5 heteroatoms. The molecule has 0 fully saturated rings. The van der Waals surface area contributed by atoms with Crippen LogP contribution in [-0.4, -0.2) is 41.9 Å². The molecule has 1 heterocycles. The molecule has 1 N–H and O–H groups in total. The summed E-state index contributed by atoms with van der Waals surface area (Å²) in [6.45, 7) is 3.31. The quantitative estimate of drug-likeness (QED) is 0.802. The number of hydrogen-bond donors (Lipinski definition) is 1. The maximum Gasteiger partial charge on any atom is 0.119 e. The van der Waals surface area contributed by atoms with Gasteiger partial charge in [0.1, 0.15) is 12.4 Å². The average Bonchev–Trinajstić information content (AvgIpc) is 2.85. The first-order valence-corrected chi connectivity index (χ1v) is 7.20. The Morgan fingerprint density at radius 1 is 1.33 bits per heavy atom. The Morgan fingerprint density at radius 3 is 2.90 bits per heavy atom. The molecule has 1 aromatic heterocycles. The number of rotatable bonds is 8. The van der Waals surface area contributed by atoms with E-state index in [4.69, 9.17) is 4.74 Å². The summed E-state index contributed by atoms with van der Waals surface area (Å²) < 4.78 is 7.64. The van der Waals surface area contributed by atoms with Gasteiger partial charge in [0.05, 0.1) is 6.20 Å². The third-order valence-corrected chi connectivity index (χ3v) is 3.23. The van der Waals surface area contributed by atoms with Gasteiger partial charge in [-0.05, 0) is 31.8 Å². The number of nitrogens with zero attached hydrogens (tertiary/aromatic N) is 3. The summed E-state index contributed by atoms with van der Waals surface area (Å²) in [6.07, 6.45) is 3.94.